The lowest BCUT2D eigenvalue weighted by Gasteiger charge is -2.18. The molecule has 2 aromatic rings. The molecule has 2 aromatic carbocycles. The first-order valence-corrected chi connectivity index (χ1v) is 13.4. The summed E-state index contributed by atoms with van der Waals surface area (Å²) in [7, 11) is 0. The zero-order valence-corrected chi connectivity index (χ0v) is 21.4. The van der Waals surface area contributed by atoms with E-state index in [2.05, 4.69) is 41.3 Å². The molecule has 1 saturated heterocycles. The maximum absolute atomic E-state index is 12.5. The van der Waals surface area contributed by atoms with E-state index in [1.165, 1.54) is 28.7 Å². The summed E-state index contributed by atoms with van der Waals surface area (Å²) in [5.41, 5.74) is 4.51. The average Bonchev–Trinajstić information content (AvgIpc) is 3.14. The number of allylic oxidation sites excluding steroid dienone is 1. The summed E-state index contributed by atoms with van der Waals surface area (Å²) in [6.45, 7) is 8.45. The fraction of sp³-hybridized carbons (Fsp3) is 0.483. The summed E-state index contributed by atoms with van der Waals surface area (Å²) in [6.07, 6.45) is 6.27. The molecule has 0 aromatic heterocycles. The van der Waals surface area contributed by atoms with Gasteiger partial charge in [-0.1, -0.05) is 30.3 Å². The van der Waals surface area contributed by atoms with Crippen molar-refractivity contribution in [2.45, 2.75) is 51.3 Å². The largest absolute Gasteiger partial charge is 0.426 e. The minimum Gasteiger partial charge on any atom is -0.426 e. The SMILES string of the molecule is CC(C)(C)C(=O)Oc1ccc2c(c1)SCCC=C2c1ccc(CC2CCN(CCCF)C2)cc1. The number of benzene rings is 2. The Morgan fingerprint density at radius 1 is 1.18 bits per heavy atom. The van der Waals surface area contributed by atoms with Crippen molar-refractivity contribution in [2.24, 2.45) is 11.3 Å². The summed E-state index contributed by atoms with van der Waals surface area (Å²) >= 11 is 1.82. The van der Waals surface area contributed by atoms with Crippen molar-refractivity contribution in [1.82, 2.24) is 4.90 Å². The molecule has 0 radical (unpaired) electrons. The molecule has 2 aliphatic heterocycles. The van der Waals surface area contributed by atoms with Crippen LogP contribution in [0.1, 0.15) is 56.7 Å². The van der Waals surface area contributed by atoms with Crippen LogP contribution in [0.2, 0.25) is 0 Å². The van der Waals surface area contributed by atoms with Gasteiger partial charge in [0.2, 0.25) is 0 Å². The number of fused-ring (bicyclic) bond motifs is 1. The van der Waals surface area contributed by atoms with Crippen LogP contribution in [0.3, 0.4) is 0 Å². The Kier molecular flexibility index (Phi) is 8.15. The molecule has 0 spiro atoms. The van der Waals surface area contributed by atoms with E-state index in [1.54, 1.807) is 0 Å². The van der Waals surface area contributed by atoms with Crippen LogP contribution in [-0.4, -0.2) is 42.9 Å². The van der Waals surface area contributed by atoms with Crippen LogP contribution in [-0.2, 0) is 11.2 Å². The third-order valence-electron chi connectivity index (χ3n) is 6.56. The molecule has 1 unspecified atom stereocenters. The number of hydrogen-bond acceptors (Lipinski definition) is 4. The van der Waals surface area contributed by atoms with E-state index < -0.39 is 5.41 Å². The number of carbonyl (C=O) groups excluding carboxylic acids is 1. The monoisotopic (exact) mass is 481 g/mol. The molecule has 1 atom stereocenters. The van der Waals surface area contributed by atoms with Crippen LogP contribution < -0.4 is 4.74 Å². The zero-order chi connectivity index (χ0) is 24.1. The molecule has 0 amide bonds. The van der Waals surface area contributed by atoms with Gasteiger partial charge in [-0.05, 0) is 99.4 Å². The summed E-state index contributed by atoms with van der Waals surface area (Å²) in [5, 5.41) is 0. The molecule has 34 heavy (non-hydrogen) atoms. The van der Waals surface area contributed by atoms with Gasteiger partial charge in [0.1, 0.15) is 5.75 Å². The van der Waals surface area contributed by atoms with E-state index in [0.29, 0.717) is 18.1 Å². The van der Waals surface area contributed by atoms with E-state index in [4.69, 9.17) is 4.74 Å². The minimum absolute atomic E-state index is 0.217. The lowest BCUT2D eigenvalue weighted by Crippen LogP contribution is -2.25. The summed E-state index contributed by atoms with van der Waals surface area (Å²) < 4.78 is 18.1. The van der Waals surface area contributed by atoms with Crippen LogP contribution in [0, 0.1) is 11.3 Å². The zero-order valence-electron chi connectivity index (χ0n) is 20.6. The molecule has 3 nitrogen and oxygen atoms in total. The Labute approximate surface area is 207 Å². The van der Waals surface area contributed by atoms with E-state index in [0.717, 1.165) is 43.1 Å². The summed E-state index contributed by atoms with van der Waals surface area (Å²) in [6, 6.07) is 15.0. The molecular formula is C29H36FNO2S. The Balaban J connectivity index is 1.45. The normalized spacial score (nSPS) is 18.8. The van der Waals surface area contributed by atoms with Crippen LogP contribution in [0.4, 0.5) is 4.39 Å². The van der Waals surface area contributed by atoms with Crippen molar-refractivity contribution in [3.8, 4) is 5.75 Å². The van der Waals surface area contributed by atoms with Crippen molar-refractivity contribution >= 4 is 23.3 Å². The highest BCUT2D eigenvalue weighted by atomic mass is 32.2. The average molecular weight is 482 g/mol. The minimum atomic E-state index is -0.530. The lowest BCUT2D eigenvalue weighted by molar-refractivity contribution is -0.143. The standard InChI is InChI=1S/C29H36FNO2S/c1-29(2,3)28(32)33-24-11-12-26-25(6-4-17-34-27(26)19-24)23-9-7-21(8-10-23)18-22-13-16-31(20-22)15-5-14-30/h6-12,19,22H,4-5,13-18,20H2,1-3H3. The van der Waals surface area contributed by atoms with Crippen LogP contribution in [0.5, 0.6) is 5.75 Å². The van der Waals surface area contributed by atoms with Crippen molar-refractivity contribution in [1.29, 1.82) is 0 Å². The van der Waals surface area contributed by atoms with Gasteiger partial charge in [0.05, 0.1) is 12.1 Å². The van der Waals surface area contributed by atoms with E-state index in [1.807, 2.05) is 44.7 Å². The highest BCUT2D eigenvalue weighted by Gasteiger charge is 2.25. The quantitative estimate of drug-likeness (QED) is 0.322. The number of rotatable bonds is 7. The Morgan fingerprint density at radius 3 is 2.71 bits per heavy atom. The summed E-state index contributed by atoms with van der Waals surface area (Å²) in [4.78, 5) is 15.9. The Morgan fingerprint density at radius 2 is 1.97 bits per heavy atom. The number of carbonyl (C=O) groups is 1. The predicted octanol–water partition coefficient (Wildman–Crippen LogP) is 6.79. The van der Waals surface area contributed by atoms with Gasteiger partial charge in [0.15, 0.2) is 0 Å². The van der Waals surface area contributed by atoms with E-state index in [-0.39, 0.29) is 12.6 Å². The molecule has 0 N–H and O–H groups in total. The third kappa shape index (κ3) is 6.31. The first-order valence-electron chi connectivity index (χ1n) is 12.4. The number of thioether (sulfide) groups is 1. The summed E-state index contributed by atoms with van der Waals surface area (Å²) in [5.74, 6) is 2.06. The van der Waals surface area contributed by atoms with Crippen LogP contribution >= 0.6 is 11.8 Å². The number of alkyl halides is 1. The van der Waals surface area contributed by atoms with Gasteiger partial charge >= 0.3 is 5.97 Å². The number of nitrogens with zero attached hydrogens (tertiary/aromatic N) is 1. The molecule has 2 aliphatic rings. The smallest absolute Gasteiger partial charge is 0.316 e. The van der Waals surface area contributed by atoms with E-state index >= 15 is 0 Å². The Bertz CT molecular complexity index is 1030. The van der Waals surface area contributed by atoms with Gasteiger partial charge in [0.25, 0.3) is 0 Å². The molecule has 182 valence electrons. The molecule has 5 heteroatoms. The van der Waals surface area contributed by atoms with Crippen molar-refractivity contribution < 1.29 is 13.9 Å². The fourth-order valence-corrected chi connectivity index (χ4v) is 5.63. The van der Waals surface area contributed by atoms with Crippen molar-refractivity contribution in [3.05, 3.63) is 65.2 Å². The van der Waals surface area contributed by atoms with Gasteiger partial charge in [-0.2, -0.15) is 0 Å². The first kappa shape index (κ1) is 25.0. The van der Waals surface area contributed by atoms with Crippen LogP contribution in [0.15, 0.2) is 53.4 Å². The van der Waals surface area contributed by atoms with Gasteiger partial charge < -0.3 is 9.64 Å². The van der Waals surface area contributed by atoms with Gasteiger partial charge in [-0.25, -0.2) is 0 Å². The third-order valence-corrected chi connectivity index (χ3v) is 7.65. The topological polar surface area (TPSA) is 29.5 Å². The van der Waals surface area contributed by atoms with Gasteiger partial charge in [-0.15, -0.1) is 11.8 Å². The maximum Gasteiger partial charge on any atom is 0.316 e. The molecular weight excluding hydrogens is 445 g/mol. The van der Waals surface area contributed by atoms with Crippen molar-refractivity contribution in [3.63, 3.8) is 0 Å². The van der Waals surface area contributed by atoms with Gasteiger partial charge in [-0.3, -0.25) is 9.18 Å². The maximum atomic E-state index is 12.5. The van der Waals surface area contributed by atoms with Gasteiger partial charge in [0, 0.05) is 23.7 Å². The second-order valence-electron chi connectivity index (χ2n) is 10.5. The molecule has 0 saturated carbocycles. The number of esters is 1. The molecule has 1 fully saturated rings. The highest BCUT2D eigenvalue weighted by molar-refractivity contribution is 7.99. The lowest BCUT2D eigenvalue weighted by atomic mass is 9.93. The number of likely N-dealkylation sites (tertiary alicyclic amines) is 1. The number of ether oxygens (including phenoxy) is 1. The Hall–Kier alpha value is -2.11. The highest BCUT2D eigenvalue weighted by Crippen LogP contribution is 2.38. The molecule has 0 bridgehead atoms. The number of hydrogen-bond donors (Lipinski definition) is 0. The van der Waals surface area contributed by atoms with Crippen LogP contribution in [0.25, 0.3) is 5.57 Å². The number of halogens is 1. The predicted molar refractivity (Wildman–Crippen MR) is 139 cm³/mol. The second kappa shape index (κ2) is 11.1. The second-order valence-corrected chi connectivity index (χ2v) is 11.6. The molecule has 2 heterocycles. The molecule has 4 rings (SSSR count). The first-order chi connectivity index (χ1) is 16.3. The molecule has 0 aliphatic carbocycles. The fourth-order valence-electron chi connectivity index (χ4n) is 4.64. The van der Waals surface area contributed by atoms with Crippen molar-refractivity contribution in [2.75, 3.05) is 32.1 Å². The van der Waals surface area contributed by atoms with E-state index in [9.17, 15) is 9.18 Å².